The molecule has 5 nitrogen and oxygen atoms in total. The zero-order valence-electron chi connectivity index (χ0n) is 13.9. The molecule has 3 rings (SSSR count). The summed E-state index contributed by atoms with van der Waals surface area (Å²) in [6.07, 6.45) is 1.30. The maximum absolute atomic E-state index is 12.8. The summed E-state index contributed by atoms with van der Waals surface area (Å²) in [6, 6.07) is 13.4. The predicted molar refractivity (Wildman–Crippen MR) is 106 cm³/mol. The van der Waals surface area contributed by atoms with E-state index in [1.54, 1.807) is 18.2 Å². The number of halogens is 2. The van der Waals surface area contributed by atoms with Gasteiger partial charge in [-0.25, -0.2) is 8.42 Å². The molecule has 2 aromatic carbocycles. The van der Waals surface area contributed by atoms with Crippen LogP contribution in [-0.2, 0) is 14.8 Å². The number of hydrogen-bond donors (Lipinski definition) is 1. The minimum atomic E-state index is -3.64. The molecule has 0 radical (unpaired) electrons. The fraction of sp³-hybridized carbons (Fsp3) is 0.278. The second-order valence-corrected chi connectivity index (χ2v) is 9.35. The van der Waals surface area contributed by atoms with Gasteiger partial charge in [-0.3, -0.25) is 4.79 Å². The summed E-state index contributed by atoms with van der Waals surface area (Å²) >= 11 is 9.23. The third-order valence-electron chi connectivity index (χ3n) is 4.34. The van der Waals surface area contributed by atoms with Gasteiger partial charge >= 0.3 is 0 Å². The first-order valence-corrected chi connectivity index (χ1v) is 10.8. The topological polar surface area (TPSA) is 66.5 Å². The van der Waals surface area contributed by atoms with E-state index in [2.05, 4.69) is 21.2 Å². The normalized spacial score (nSPS) is 18.5. The third kappa shape index (κ3) is 4.28. The minimum Gasteiger partial charge on any atom is -0.325 e. The third-order valence-corrected chi connectivity index (χ3v) is 7.16. The highest BCUT2D eigenvalue weighted by atomic mass is 79.9. The molecule has 1 N–H and O–H groups in total. The number of amides is 1. The molecule has 1 fully saturated rings. The highest BCUT2D eigenvalue weighted by Gasteiger charge is 2.33. The maximum Gasteiger partial charge on any atom is 0.243 e. The van der Waals surface area contributed by atoms with Gasteiger partial charge in [0.05, 0.1) is 16.5 Å². The largest absolute Gasteiger partial charge is 0.325 e. The van der Waals surface area contributed by atoms with Gasteiger partial charge in [0.15, 0.2) is 0 Å². The molecule has 0 spiro atoms. The van der Waals surface area contributed by atoms with Gasteiger partial charge < -0.3 is 5.32 Å². The van der Waals surface area contributed by atoms with Crippen LogP contribution in [0.4, 0.5) is 5.69 Å². The van der Waals surface area contributed by atoms with Crippen molar-refractivity contribution in [3.05, 3.63) is 58.0 Å². The minimum absolute atomic E-state index is 0.168. The van der Waals surface area contributed by atoms with Crippen LogP contribution in [0, 0.1) is 5.92 Å². The Morgan fingerprint density at radius 1 is 1.15 bits per heavy atom. The van der Waals surface area contributed by atoms with E-state index < -0.39 is 15.9 Å². The quantitative estimate of drug-likeness (QED) is 0.750. The molecule has 2 aromatic rings. The van der Waals surface area contributed by atoms with Gasteiger partial charge in [0.2, 0.25) is 15.9 Å². The molecule has 1 aliphatic rings. The first kappa shape index (κ1) is 19.4. The van der Waals surface area contributed by atoms with Crippen molar-refractivity contribution in [3.63, 3.8) is 0 Å². The number of anilines is 1. The van der Waals surface area contributed by atoms with E-state index in [9.17, 15) is 13.2 Å². The number of carbonyl (C=O) groups is 1. The zero-order chi connectivity index (χ0) is 18.7. The Morgan fingerprint density at radius 2 is 1.85 bits per heavy atom. The highest BCUT2D eigenvalue weighted by Crippen LogP contribution is 2.27. The van der Waals surface area contributed by atoms with E-state index in [4.69, 9.17) is 11.6 Å². The van der Waals surface area contributed by atoms with Crippen LogP contribution in [-0.4, -0.2) is 31.7 Å². The zero-order valence-corrected chi connectivity index (χ0v) is 17.0. The lowest BCUT2D eigenvalue weighted by Gasteiger charge is -2.31. The van der Waals surface area contributed by atoms with Crippen LogP contribution in [0.5, 0.6) is 0 Å². The Kier molecular flexibility index (Phi) is 6.02. The molecule has 0 aliphatic carbocycles. The molecule has 1 aliphatic heterocycles. The Morgan fingerprint density at radius 3 is 2.54 bits per heavy atom. The maximum atomic E-state index is 12.8. The summed E-state index contributed by atoms with van der Waals surface area (Å²) in [5.74, 6) is -0.564. The molecule has 1 amide bonds. The van der Waals surface area contributed by atoms with Gasteiger partial charge in [-0.1, -0.05) is 23.7 Å². The van der Waals surface area contributed by atoms with Gasteiger partial charge in [-0.15, -0.1) is 0 Å². The molecule has 26 heavy (non-hydrogen) atoms. The standard InChI is InChI=1S/C18H18BrClN2O3S/c19-16-5-1-2-6-17(16)21-18(23)13-4-3-11-22(12-13)26(24,25)15-9-7-14(20)8-10-15/h1-2,5-10,13H,3-4,11-12H2,(H,21,23)/t13-/m0/s1. The molecular weight excluding hydrogens is 440 g/mol. The number of nitrogens with one attached hydrogen (secondary N) is 1. The van der Waals surface area contributed by atoms with E-state index >= 15 is 0 Å². The SMILES string of the molecule is O=C(Nc1ccccc1Br)[C@H]1CCCN(S(=O)(=O)c2ccc(Cl)cc2)C1. The fourth-order valence-electron chi connectivity index (χ4n) is 2.93. The average molecular weight is 458 g/mol. The number of piperidine rings is 1. The number of sulfonamides is 1. The van der Waals surface area contributed by atoms with Crippen molar-refractivity contribution in [1.82, 2.24) is 4.31 Å². The van der Waals surface area contributed by atoms with Crippen LogP contribution >= 0.6 is 27.5 Å². The van der Waals surface area contributed by atoms with Crippen molar-refractivity contribution < 1.29 is 13.2 Å². The van der Waals surface area contributed by atoms with Crippen LogP contribution in [0.25, 0.3) is 0 Å². The molecule has 1 saturated heterocycles. The van der Waals surface area contributed by atoms with Gasteiger partial charge in [0, 0.05) is 22.6 Å². The second kappa shape index (κ2) is 8.08. The van der Waals surface area contributed by atoms with E-state index in [0.29, 0.717) is 30.1 Å². The molecular formula is C18H18BrClN2O3S. The molecule has 0 bridgehead atoms. The van der Waals surface area contributed by atoms with Gasteiger partial charge in [0.25, 0.3) is 0 Å². The van der Waals surface area contributed by atoms with Crippen LogP contribution in [0.2, 0.25) is 5.02 Å². The first-order chi connectivity index (χ1) is 12.4. The van der Waals surface area contributed by atoms with Crippen LogP contribution in [0.3, 0.4) is 0 Å². The lowest BCUT2D eigenvalue weighted by molar-refractivity contribution is -0.120. The van der Waals surface area contributed by atoms with E-state index in [-0.39, 0.29) is 17.3 Å². The Balaban J connectivity index is 1.73. The molecule has 138 valence electrons. The van der Waals surface area contributed by atoms with Crippen LogP contribution in [0.15, 0.2) is 57.9 Å². The van der Waals surface area contributed by atoms with Crippen molar-refractivity contribution in [2.24, 2.45) is 5.92 Å². The van der Waals surface area contributed by atoms with E-state index in [1.807, 2.05) is 18.2 Å². The van der Waals surface area contributed by atoms with Crippen molar-refractivity contribution >= 4 is 49.1 Å². The highest BCUT2D eigenvalue weighted by molar-refractivity contribution is 9.10. The Hall–Kier alpha value is -1.41. The Bertz CT molecular complexity index is 903. The summed E-state index contributed by atoms with van der Waals surface area (Å²) in [6.45, 7) is 0.574. The summed E-state index contributed by atoms with van der Waals surface area (Å²) in [4.78, 5) is 12.8. The monoisotopic (exact) mass is 456 g/mol. The number of hydrogen-bond acceptors (Lipinski definition) is 3. The van der Waals surface area contributed by atoms with E-state index in [1.165, 1.54) is 16.4 Å². The number of para-hydroxylation sites is 1. The molecule has 1 atom stereocenters. The fourth-order valence-corrected chi connectivity index (χ4v) is 4.96. The smallest absolute Gasteiger partial charge is 0.243 e. The predicted octanol–water partition coefficient (Wildman–Crippen LogP) is 4.14. The first-order valence-electron chi connectivity index (χ1n) is 8.19. The van der Waals surface area contributed by atoms with Gasteiger partial charge in [-0.2, -0.15) is 4.31 Å². The molecule has 0 aromatic heterocycles. The van der Waals surface area contributed by atoms with Crippen molar-refractivity contribution in [2.75, 3.05) is 18.4 Å². The lowest BCUT2D eigenvalue weighted by atomic mass is 9.99. The average Bonchev–Trinajstić information content (AvgIpc) is 2.64. The van der Waals surface area contributed by atoms with Gasteiger partial charge in [0.1, 0.15) is 0 Å². The second-order valence-electron chi connectivity index (χ2n) is 6.13. The summed E-state index contributed by atoms with van der Waals surface area (Å²) in [5.41, 5.74) is 0.676. The van der Waals surface area contributed by atoms with E-state index in [0.717, 1.165) is 4.47 Å². The van der Waals surface area contributed by atoms with Crippen LogP contribution < -0.4 is 5.32 Å². The van der Waals surface area contributed by atoms with Gasteiger partial charge in [-0.05, 0) is 65.2 Å². The summed E-state index contributed by atoms with van der Waals surface area (Å²) in [7, 11) is -3.64. The van der Waals surface area contributed by atoms with Crippen molar-refractivity contribution in [1.29, 1.82) is 0 Å². The Labute approximate surface area is 166 Å². The van der Waals surface area contributed by atoms with Crippen molar-refractivity contribution in [2.45, 2.75) is 17.7 Å². The number of nitrogens with zero attached hydrogens (tertiary/aromatic N) is 1. The molecule has 8 heteroatoms. The molecule has 0 saturated carbocycles. The van der Waals surface area contributed by atoms with Crippen LogP contribution in [0.1, 0.15) is 12.8 Å². The number of rotatable bonds is 4. The number of carbonyl (C=O) groups excluding carboxylic acids is 1. The lowest BCUT2D eigenvalue weighted by Crippen LogP contribution is -2.43. The summed E-state index contributed by atoms with van der Waals surface area (Å²) in [5, 5.41) is 3.35. The number of benzene rings is 2. The molecule has 0 unspecified atom stereocenters. The molecule has 1 heterocycles. The van der Waals surface area contributed by atoms with Crippen molar-refractivity contribution in [3.8, 4) is 0 Å². The summed E-state index contributed by atoms with van der Waals surface area (Å²) < 4.78 is 27.8.